The van der Waals surface area contributed by atoms with Crippen LogP contribution in [0.25, 0.3) is 0 Å². The molecule has 0 unspecified atom stereocenters. The number of hydrogen-bond acceptors (Lipinski definition) is 6. The molecule has 0 aliphatic heterocycles. The summed E-state index contributed by atoms with van der Waals surface area (Å²) in [6, 6.07) is 18.7. The molecule has 35 heavy (non-hydrogen) atoms. The van der Waals surface area contributed by atoms with Gasteiger partial charge in [0.15, 0.2) is 11.5 Å². The van der Waals surface area contributed by atoms with Crippen LogP contribution in [-0.4, -0.2) is 48.7 Å². The van der Waals surface area contributed by atoms with E-state index >= 15 is 0 Å². The third-order valence-electron chi connectivity index (χ3n) is 5.42. The van der Waals surface area contributed by atoms with Gasteiger partial charge < -0.3 is 19.5 Å². The van der Waals surface area contributed by atoms with Crippen LogP contribution in [0, 0.1) is 6.92 Å². The molecular weight excluding hydrogens is 468 g/mol. The highest BCUT2D eigenvalue weighted by atomic mass is 32.2. The summed E-state index contributed by atoms with van der Waals surface area (Å²) < 4.78 is 43.9. The number of sulfonamides is 1. The number of methoxy groups -OCH3 is 3. The minimum Gasteiger partial charge on any atom is -0.497 e. The Balaban J connectivity index is 1.77. The second-order valence-corrected chi connectivity index (χ2v) is 9.68. The largest absolute Gasteiger partial charge is 0.497 e. The summed E-state index contributed by atoms with van der Waals surface area (Å²) in [7, 11) is 0.627. The average molecular weight is 499 g/mol. The number of carbonyl (C=O) groups is 1. The number of aryl methyl sites for hydroxylation is 1. The van der Waals surface area contributed by atoms with Crippen molar-refractivity contribution in [2.24, 2.45) is 0 Å². The molecule has 3 rings (SSSR count). The van der Waals surface area contributed by atoms with E-state index in [1.165, 1.54) is 19.2 Å². The highest BCUT2D eigenvalue weighted by Gasteiger charge is 2.27. The molecule has 0 aromatic heterocycles. The van der Waals surface area contributed by atoms with E-state index in [9.17, 15) is 13.2 Å². The van der Waals surface area contributed by atoms with Gasteiger partial charge in [-0.15, -0.1) is 0 Å². The van der Waals surface area contributed by atoms with Crippen LogP contribution in [0.2, 0.25) is 0 Å². The summed E-state index contributed by atoms with van der Waals surface area (Å²) in [5.41, 5.74) is 2.21. The van der Waals surface area contributed by atoms with Crippen molar-refractivity contribution >= 4 is 21.6 Å². The van der Waals surface area contributed by atoms with Gasteiger partial charge in [0.05, 0.1) is 31.9 Å². The molecule has 186 valence electrons. The predicted molar refractivity (Wildman–Crippen MR) is 135 cm³/mol. The molecule has 0 spiro atoms. The zero-order valence-electron chi connectivity index (χ0n) is 20.3. The summed E-state index contributed by atoms with van der Waals surface area (Å²) in [5, 5.41) is 2.81. The van der Waals surface area contributed by atoms with Gasteiger partial charge in [0, 0.05) is 12.6 Å². The van der Waals surface area contributed by atoms with Gasteiger partial charge in [-0.1, -0.05) is 29.8 Å². The fourth-order valence-electron chi connectivity index (χ4n) is 3.49. The van der Waals surface area contributed by atoms with E-state index < -0.39 is 15.9 Å². The Kier molecular flexibility index (Phi) is 8.59. The molecule has 9 heteroatoms. The van der Waals surface area contributed by atoms with Crippen LogP contribution in [0.3, 0.4) is 0 Å². The highest BCUT2D eigenvalue weighted by molar-refractivity contribution is 7.92. The molecule has 0 saturated carbocycles. The Morgan fingerprint density at radius 1 is 0.886 bits per heavy atom. The van der Waals surface area contributed by atoms with Gasteiger partial charge in [0.1, 0.15) is 12.3 Å². The summed E-state index contributed by atoms with van der Waals surface area (Å²) in [4.78, 5) is 12.9. The lowest BCUT2D eigenvalue weighted by atomic mass is 10.1. The number of nitrogens with zero attached hydrogens (tertiary/aromatic N) is 1. The number of benzene rings is 3. The normalized spacial score (nSPS) is 11.0. The molecule has 8 nitrogen and oxygen atoms in total. The van der Waals surface area contributed by atoms with Crippen LogP contribution in [0.15, 0.2) is 71.6 Å². The van der Waals surface area contributed by atoms with E-state index in [2.05, 4.69) is 5.32 Å². The monoisotopic (exact) mass is 498 g/mol. The Labute approximate surface area is 206 Å². The van der Waals surface area contributed by atoms with Crippen LogP contribution in [0.1, 0.15) is 11.1 Å². The molecule has 0 fully saturated rings. The number of rotatable bonds is 11. The summed E-state index contributed by atoms with van der Waals surface area (Å²) in [5.74, 6) is 1.28. The maximum atomic E-state index is 13.5. The van der Waals surface area contributed by atoms with Crippen molar-refractivity contribution in [1.29, 1.82) is 0 Å². The number of ether oxygens (including phenoxy) is 3. The highest BCUT2D eigenvalue weighted by Crippen LogP contribution is 2.28. The van der Waals surface area contributed by atoms with Crippen molar-refractivity contribution in [3.8, 4) is 17.2 Å². The van der Waals surface area contributed by atoms with Crippen LogP contribution < -0.4 is 23.8 Å². The van der Waals surface area contributed by atoms with Gasteiger partial charge in [-0.25, -0.2) is 8.42 Å². The molecule has 0 bridgehead atoms. The van der Waals surface area contributed by atoms with Crippen molar-refractivity contribution in [2.45, 2.75) is 18.2 Å². The van der Waals surface area contributed by atoms with Gasteiger partial charge in [-0.2, -0.15) is 0 Å². The van der Waals surface area contributed by atoms with E-state index in [-0.39, 0.29) is 11.4 Å². The Morgan fingerprint density at radius 2 is 1.60 bits per heavy atom. The Morgan fingerprint density at radius 3 is 2.26 bits per heavy atom. The number of carbonyl (C=O) groups excluding carboxylic acids is 1. The minimum atomic E-state index is -4.00. The van der Waals surface area contributed by atoms with Crippen molar-refractivity contribution in [3.05, 3.63) is 77.9 Å². The van der Waals surface area contributed by atoms with Gasteiger partial charge in [0.2, 0.25) is 5.91 Å². The second kappa shape index (κ2) is 11.6. The van der Waals surface area contributed by atoms with Crippen molar-refractivity contribution in [1.82, 2.24) is 5.32 Å². The summed E-state index contributed by atoms with van der Waals surface area (Å²) >= 11 is 0. The van der Waals surface area contributed by atoms with Crippen LogP contribution in [0.5, 0.6) is 17.2 Å². The topological polar surface area (TPSA) is 94.2 Å². The van der Waals surface area contributed by atoms with Gasteiger partial charge >= 0.3 is 0 Å². The molecule has 0 heterocycles. The third kappa shape index (κ3) is 6.45. The van der Waals surface area contributed by atoms with Gasteiger partial charge in [0.25, 0.3) is 10.0 Å². The van der Waals surface area contributed by atoms with Gasteiger partial charge in [-0.3, -0.25) is 9.10 Å². The number of anilines is 1. The minimum absolute atomic E-state index is 0.101. The first kappa shape index (κ1) is 25.9. The molecule has 1 amide bonds. The van der Waals surface area contributed by atoms with E-state index in [1.54, 1.807) is 56.7 Å². The zero-order chi connectivity index (χ0) is 25.4. The molecule has 1 N–H and O–H groups in total. The molecule has 0 aliphatic carbocycles. The molecule has 3 aromatic rings. The smallest absolute Gasteiger partial charge is 0.264 e. The van der Waals surface area contributed by atoms with Crippen LogP contribution >= 0.6 is 0 Å². The Bertz CT molecular complexity index is 1260. The van der Waals surface area contributed by atoms with Crippen molar-refractivity contribution in [3.63, 3.8) is 0 Å². The quantitative estimate of drug-likeness (QED) is 0.434. The van der Waals surface area contributed by atoms with Crippen LogP contribution in [-0.2, 0) is 21.2 Å². The lowest BCUT2D eigenvalue weighted by Crippen LogP contribution is -2.41. The van der Waals surface area contributed by atoms with E-state index in [4.69, 9.17) is 14.2 Å². The summed E-state index contributed by atoms with van der Waals surface area (Å²) in [6.07, 6.45) is 0.538. The van der Waals surface area contributed by atoms with Crippen LogP contribution in [0.4, 0.5) is 5.69 Å². The first-order valence-corrected chi connectivity index (χ1v) is 12.4. The molecule has 0 radical (unpaired) electrons. The lowest BCUT2D eigenvalue weighted by Gasteiger charge is -2.24. The Hall–Kier alpha value is -3.72. The SMILES string of the molecule is COc1cccc(N(CC(=O)NCCc2ccc(OC)c(OC)c2)S(=O)(=O)c2ccc(C)cc2)c1. The molecule has 0 atom stereocenters. The standard InChI is InChI=1S/C26H30N2O6S/c1-19-8-11-23(12-9-19)35(30,31)28(21-6-5-7-22(17-21)32-2)18-26(29)27-15-14-20-10-13-24(33-3)25(16-20)34-4/h5-13,16-17H,14-15,18H2,1-4H3,(H,27,29). The first-order valence-electron chi connectivity index (χ1n) is 11.0. The number of amides is 1. The van der Waals surface area contributed by atoms with Gasteiger partial charge in [-0.05, 0) is 55.3 Å². The molecule has 0 aliphatic rings. The fourth-order valence-corrected chi connectivity index (χ4v) is 4.90. The summed E-state index contributed by atoms with van der Waals surface area (Å²) in [6.45, 7) is 1.82. The average Bonchev–Trinajstić information content (AvgIpc) is 2.87. The first-order chi connectivity index (χ1) is 16.8. The maximum absolute atomic E-state index is 13.5. The number of nitrogens with one attached hydrogen (secondary N) is 1. The van der Waals surface area contributed by atoms with E-state index in [0.717, 1.165) is 15.4 Å². The molecule has 0 saturated heterocycles. The predicted octanol–water partition coefficient (Wildman–Crippen LogP) is 3.58. The fraction of sp³-hybridized carbons (Fsp3) is 0.269. The van der Waals surface area contributed by atoms with Crippen molar-refractivity contribution < 1.29 is 27.4 Å². The third-order valence-corrected chi connectivity index (χ3v) is 7.21. The number of hydrogen-bond donors (Lipinski definition) is 1. The van der Waals surface area contributed by atoms with E-state index in [1.807, 2.05) is 19.1 Å². The van der Waals surface area contributed by atoms with E-state index in [0.29, 0.717) is 35.9 Å². The molecular formula is C26H30N2O6S. The molecule has 3 aromatic carbocycles. The van der Waals surface area contributed by atoms with Crippen molar-refractivity contribution in [2.75, 3.05) is 38.7 Å². The maximum Gasteiger partial charge on any atom is 0.264 e. The second-order valence-electron chi connectivity index (χ2n) is 7.82. The lowest BCUT2D eigenvalue weighted by molar-refractivity contribution is -0.119. The zero-order valence-corrected chi connectivity index (χ0v) is 21.1.